The van der Waals surface area contributed by atoms with Gasteiger partial charge in [-0.3, -0.25) is 4.79 Å². The molecule has 1 atom stereocenters. The van der Waals surface area contributed by atoms with Gasteiger partial charge in [-0.1, -0.05) is 15.9 Å². The highest BCUT2D eigenvalue weighted by Gasteiger charge is 2.33. The Kier molecular flexibility index (Phi) is 5.03. The Bertz CT molecular complexity index is 1090. The number of ether oxygens (including phenoxy) is 1. The van der Waals surface area contributed by atoms with E-state index in [4.69, 9.17) is 4.74 Å². The molecule has 0 radical (unpaired) electrons. The first-order valence-corrected chi connectivity index (χ1v) is 9.47. The Morgan fingerprint density at radius 3 is 2.83 bits per heavy atom. The first-order valence-electron chi connectivity index (χ1n) is 8.68. The Balaban J connectivity index is 1.63. The predicted molar refractivity (Wildman–Crippen MR) is 99.3 cm³/mol. The van der Waals surface area contributed by atoms with E-state index in [1.165, 1.54) is 21.8 Å². The molecule has 0 aliphatic carbocycles. The van der Waals surface area contributed by atoms with Crippen molar-refractivity contribution in [2.75, 3.05) is 19.7 Å². The minimum atomic E-state index is -4.54. The average molecular weight is 470 g/mol. The van der Waals surface area contributed by atoms with Crippen molar-refractivity contribution in [3.8, 4) is 0 Å². The Morgan fingerprint density at radius 1 is 1.28 bits per heavy atom. The van der Waals surface area contributed by atoms with E-state index >= 15 is 0 Å². The number of carbonyl (C=O) groups is 1. The van der Waals surface area contributed by atoms with Gasteiger partial charge in [0.2, 0.25) is 0 Å². The summed E-state index contributed by atoms with van der Waals surface area (Å²) in [7, 11) is 0. The van der Waals surface area contributed by atoms with Crippen LogP contribution in [0.1, 0.15) is 33.4 Å². The van der Waals surface area contributed by atoms with Crippen LogP contribution in [0.2, 0.25) is 0 Å². The molecule has 11 heteroatoms. The van der Waals surface area contributed by atoms with Gasteiger partial charge in [-0.25, -0.2) is 4.98 Å². The molecule has 1 aromatic carbocycles. The van der Waals surface area contributed by atoms with E-state index in [0.29, 0.717) is 17.2 Å². The maximum Gasteiger partial charge on any atom is 0.416 e. The maximum absolute atomic E-state index is 13.1. The third-order valence-corrected chi connectivity index (χ3v) is 5.02. The van der Waals surface area contributed by atoms with Crippen LogP contribution in [0.3, 0.4) is 0 Å². The number of halogens is 4. The molecule has 3 heterocycles. The van der Waals surface area contributed by atoms with Crippen LogP contribution in [0.25, 0.3) is 5.78 Å². The van der Waals surface area contributed by atoms with Crippen molar-refractivity contribution in [2.45, 2.75) is 19.2 Å². The molecule has 1 fully saturated rings. The topological polar surface area (TPSA) is 72.6 Å². The van der Waals surface area contributed by atoms with Crippen LogP contribution in [0.4, 0.5) is 13.2 Å². The van der Waals surface area contributed by atoms with Crippen LogP contribution >= 0.6 is 15.9 Å². The highest BCUT2D eigenvalue weighted by Crippen LogP contribution is 2.33. The molecule has 4 rings (SSSR count). The maximum atomic E-state index is 13.1. The van der Waals surface area contributed by atoms with Gasteiger partial charge in [-0.15, -0.1) is 0 Å². The van der Waals surface area contributed by atoms with Gasteiger partial charge in [0.1, 0.15) is 12.4 Å². The van der Waals surface area contributed by atoms with Crippen molar-refractivity contribution in [1.29, 1.82) is 0 Å². The molecule has 0 spiro atoms. The van der Waals surface area contributed by atoms with Crippen molar-refractivity contribution in [2.24, 2.45) is 0 Å². The molecule has 1 aliphatic rings. The molecule has 1 unspecified atom stereocenters. The van der Waals surface area contributed by atoms with Gasteiger partial charge in [-0.2, -0.15) is 27.8 Å². The van der Waals surface area contributed by atoms with Crippen molar-refractivity contribution < 1.29 is 22.7 Å². The molecule has 0 bridgehead atoms. The van der Waals surface area contributed by atoms with Crippen molar-refractivity contribution in [3.63, 3.8) is 0 Å². The number of alkyl halides is 3. The number of amides is 1. The van der Waals surface area contributed by atoms with Gasteiger partial charge in [0, 0.05) is 22.3 Å². The second-order valence-electron chi connectivity index (χ2n) is 6.63. The molecule has 1 amide bonds. The molecular formula is C18H15BrF3N5O2. The lowest BCUT2D eigenvalue weighted by atomic mass is 10.1. The minimum absolute atomic E-state index is 0.0378. The largest absolute Gasteiger partial charge is 0.416 e. The Morgan fingerprint density at radius 2 is 2.07 bits per heavy atom. The number of morpholine rings is 1. The smallest absolute Gasteiger partial charge is 0.368 e. The van der Waals surface area contributed by atoms with Crippen LogP contribution in [0.15, 0.2) is 35.1 Å². The zero-order valence-electron chi connectivity index (χ0n) is 15.1. The van der Waals surface area contributed by atoms with E-state index in [1.807, 2.05) is 6.92 Å². The van der Waals surface area contributed by atoms with E-state index in [1.54, 1.807) is 6.07 Å². The predicted octanol–water partition coefficient (Wildman–Crippen LogP) is 3.43. The lowest BCUT2D eigenvalue weighted by molar-refractivity contribution is -0.137. The lowest BCUT2D eigenvalue weighted by Crippen LogP contribution is -2.42. The summed E-state index contributed by atoms with van der Waals surface area (Å²) in [4.78, 5) is 22.8. The summed E-state index contributed by atoms with van der Waals surface area (Å²) in [6.07, 6.45) is -3.68. The van der Waals surface area contributed by atoms with Crippen LogP contribution in [0, 0.1) is 6.92 Å². The average Bonchev–Trinajstić information content (AvgIpc) is 3.14. The molecule has 7 nitrogen and oxygen atoms in total. The van der Waals surface area contributed by atoms with Crippen LogP contribution < -0.4 is 0 Å². The minimum Gasteiger partial charge on any atom is -0.368 e. The number of aromatic nitrogens is 4. The van der Waals surface area contributed by atoms with Gasteiger partial charge in [0.25, 0.3) is 11.7 Å². The molecule has 1 saturated heterocycles. The van der Waals surface area contributed by atoms with E-state index in [0.717, 1.165) is 12.1 Å². The zero-order valence-corrected chi connectivity index (χ0v) is 16.7. The molecule has 1 aliphatic heterocycles. The standard InChI is InChI=1S/C18H15BrF3N5O2/c1-10-4-14(27-17(25-10)23-9-24-27)15-8-26(2-3-29-15)16(28)11-5-12(18(20,21)22)7-13(19)6-11/h4-7,9,15H,2-3,8H2,1H3. The van der Waals surface area contributed by atoms with E-state index in [2.05, 4.69) is 31.0 Å². The highest BCUT2D eigenvalue weighted by atomic mass is 79.9. The van der Waals surface area contributed by atoms with Gasteiger partial charge >= 0.3 is 6.18 Å². The van der Waals surface area contributed by atoms with Gasteiger partial charge in [0.05, 0.1) is 24.4 Å². The number of fused-ring (bicyclic) bond motifs is 1. The SMILES string of the molecule is Cc1cc(C2CN(C(=O)c3cc(Br)cc(C(F)(F)F)c3)CCO2)n2ncnc2n1. The molecule has 152 valence electrons. The molecule has 0 saturated carbocycles. The molecule has 0 N–H and O–H groups in total. The number of carbonyl (C=O) groups excluding carboxylic acids is 1. The highest BCUT2D eigenvalue weighted by molar-refractivity contribution is 9.10. The quantitative estimate of drug-likeness (QED) is 0.574. The number of nitrogens with zero attached hydrogens (tertiary/aromatic N) is 5. The van der Waals surface area contributed by atoms with Crippen LogP contribution in [-0.2, 0) is 10.9 Å². The summed E-state index contributed by atoms with van der Waals surface area (Å²) < 4.78 is 46.9. The summed E-state index contributed by atoms with van der Waals surface area (Å²) >= 11 is 3.06. The van der Waals surface area contributed by atoms with Crippen LogP contribution in [0.5, 0.6) is 0 Å². The number of benzene rings is 1. The Hall–Kier alpha value is -2.53. The molecule has 2 aromatic heterocycles. The fraction of sp³-hybridized carbons (Fsp3) is 0.333. The number of hydrogen-bond acceptors (Lipinski definition) is 5. The van der Waals surface area contributed by atoms with E-state index in [-0.39, 0.29) is 29.7 Å². The molecule has 29 heavy (non-hydrogen) atoms. The third-order valence-electron chi connectivity index (χ3n) is 4.56. The van der Waals surface area contributed by atoms with Crippen molar-refractivity contribution in [1.82, 2.24) is 24.5 Å². The monoisotopic (exact) mass is 469 g/mol. The van der Waals surface area contributed by atoms with E-state index in [9.17, 15) is 18.0 Å². The fourth-order valence-corrected chi connectivity index (χ4v) is 3.75. The normalized spacial score (nSPS) is 17.7. The fourth-order valence-electron chi connectivity index (χ4n) is 3.26. The molecular weight excluding hydrogens is 455 g/mol. The summed E-state index contributed by atoms with van der Waals surface area (Å²) in [5, 5.41) is 4.14. The van der Waals surface area contributed by atoms with Gasteiger partial charge < -0.3 is 9.64 Å². The first-order chi connectivity index (χ1) is 13.7. The Labute approximate surface area is 171 Å². The summed E-state index contributed by atoms with van der Waals surface area (Å²) in [5.74, 6) is -0.0837. The summed E-state index contributed by atoms with van der Waals surface area (Å²) in [6.45, 7) is 2.50. The van der Waals surface area contributed by atoms with Crippen LogP contribution in [-0.4, -0.2) is 50.1 Å². The second kappa shape index (κ2) is 7.38. The van der Waals surface area contributed by atoms with Gasteiger partial charge in [-0.05, 0) is 31.2 Å². The lowest BCUT2D eigenvalue weighted by Gasteiger charge is -2.33. The van der Waals surface area contributed by atoms with E-state index < -0.39 is 23.8 Å². The van der Waals surface area contributed by atoms with Crippen molar-refractivity contribution >= 4 is 27.6 Å². The zero-order chi connectivity index (χ0) is 20.8. The van der Waals surface area contributed by atoms with Crippen molar-refractivity contribution in [3.05, 3.63) is 57.6 Å². The second-order valence-corrected chi connectivity index (χ2v) is 7.55. The number of rotatable bonds is 2. The van der Waals surface area contributed by atoms with Gasteiger partial charge in [0.15, 0.2) is 0 Å². The number of hydrogen-bond donors (Lipinski definition) is 0. The summed E-state index contributed by atoms with van der Waals surface area (Å²) in [5.41, 5.74) is 0.473. The number of aryl methyl sites for hydroxylation is 1. The first kappa shape index (κ1) is 19.8. The summed E-state index contributed by atoms with van der Waals surface area (Å²) in [6, 6.07) is 4.99. The third kappa shape index (κ3) is 3.97. The molecule has 3 aromatic rings.